The highest BCUT2D eigenvalue weighted by Crippen LogP contribution is 2.40. The average Bonchev–Trinajstić information content (AvgIpc) is 3.46. The second kappa shape index (κ2) is 8.08. The second-order valence-corrected chi connectivity index (χ2v) is 9.35. The molecular formula is C23H25N7O4. The zero-order valence-corrected chi connectivity index (χ0v) is 19.3. The number of anilines is 1. The SMILES string of the molecule is Cn1nnnc1-c1ccc(-c2ccc3c(c2)C[C@H]2C(CNC(=O)OC(C)(C)C)OC(=O)N32)cn1. The summed E-state index contributed by atoms with van der Waals surface area (Å²) in [6.45, 7) is 5.58. The van der Waals surface area contributed by atoms with Crippen LogP contribution in [-0.4, -0.2) is 61.7 Å². The number of alkyl carbamates (subject to hydrolysis) is 1. The van der Waals surface area contributed by atoms with Crippen LogP contribution < -0.4 is 10.2 Å². The van der Waals surface area contributed by atoms with Gasteiger partial charge in [-0.1, -0.05) is 12.1 Å². The normalized spacial score (nSPS) is 18.9. The summed E-state index contributed by atoms with van der Waals surface area (Å²) in [4.78, 5) is 30.8. The van der Waals surface area contributed by atoms with E-state index in [2.05, 4.69) is 31.9 Å². The number of rotatable bonds is 4. The molecule has 11 heteroatoms. The summed E-state index contributed by atoms with van der Waals surface area (Å²) in [6, 6.07) is 9.62. The molecule has 0 saturated carbocycles. The van der Waals surface area contributed by atoms with Crippen LogP contribution in [0.1, 0.15) is 26.3 Å². The molecule has 3 aromatic rings. The number of amides is 2. The van der Waals surface area contributed by atoms with Gasteiger partial charge >= 0.3 is 12.2 Å². The van der Waals surface area contributed by atoms with Crippen LogP contribution in [0.25, 0.3) is 22.6 Å². The summed E-state index contributed by atoms with van der Waals surface area (Å²) in [6.07, 6.45) is 1.01. The lowest BCUT2D eigenvalue weighted by Crippen LogP contribution is -2.42. The highest BCUT2D eigenvalue weighted by atomic mass is 16.6. The second-order valence-electron chi connectivity index (χ2n) is 9.35. The number of aryl methyl sites for hydroxylation is 1. The van der Waals surface area contributed by atoms with Gasteiger partial charge in [0.05, 0.1) is 18.3 Å². The Kier molecular flexibility index (Phi) is 5.18. The Hall–Kier alpha value is -4.02. The van der Waals surface area contributed by atoms with E-state index < -0.39 is 23.9 Å². The first kappa shape index (κ1) is 21.8. The van der Waals surface area contributed by atoms with Gasteiger partial charge in [-0.05, 0) is 66.9 Å². The molecule has 2 atom stereocenters. The zero-order chi connectivity index (χ0) is 24.0. The molecule has 1 N–H and O–H groups in total. The van der Waals surface area contributed by atoms with E-state index in [1.165, 1.54) is 0 Å². The van der Waals surface area contributed by atoms with Crippen molar-refractivity contribution in [3.8, 4) is 22.6 Å². The van der Waals surface area contributed by atoms with Crippen molar-refractivity contribution in [2.24, 2.45) is 7.05 Å². The number of carbonyl (C=O) groups is 2. The number of nitrogens with zero attached hydrogens (tertiary/aromatic N) is 6. The Morgan fingerprint density at radius 1 is 1.24 bits per heavy atom. The Morgan fingerprint density at radius 3 is 2.71 bits per heavy atom. The fraction of sp³-hybridized carbons (Fsp3) is 0.391. The average molecular weight is 463 g/mol. The van der Waals surface area contributed by atoms with E-state index in [4.69, 9.17) is 9.47 Å². The number of carbonyl (C=O) groups excluding carboxylic acids is 2. The third-order valence-corrected chi connectivity index (χ3v) is 5.77. The molecule has 34 heavy (non-hydrogen) atoms. The summed E-state index contributed by atoms with van der Waals surface area (Å²) < 4.78 is 12.4. The smallest absolute Gasteiger partial charge is 0.415 e. The summed E-state index contributed by atoms with van der Waals surface area (Å²) >= 11 is 0. The quantitative estimate of drug-likeness (QED) is 0.626. The minimum absolute atomic E-state index is 0.184. The van der Waals surface area contributed by atoms with Crippen molar-refractivity contribution in [3.05, 3.63) is 42.1 Å². The van der Waals surface area contributed by atoms with Crippen molar-refractivity contribution in [1.82, 2.24) is 30.5 Å². The van der Waals surface area contributed by atoms with E-state index in [0.29, 0.717) is 17.9 Å². The Bertz CT molecular complexity index is 1250. The van der Waals surface area contributed by atoms with Gasteiger partial charge < -0.3 is 14.8 Å². The Morgan fingerprint density at radius 2 is 2.03 bits per heavy atom. The maximum absolute atomic E-state index is 12.6. The van der Waals surface area contributed by atoms with Gasteiger partial charge in [0, 0.05) is 18.8 Å². The minimum atomic E-state index is -0.597. The number of hydrogen-bond donors (Lipinski definition) is 1. The summed E-state index contributed by atoms with van der Waals surface area (Å²) in [5.74, 6) is 0.589. The summed E-state index contributed by atoms with van der Waals surface area (Å²) in [5.41, 5.74) is 3.89. The predicted molar refractivity (Wildman–Crippen MR) is 122 cm³/mol. The van der Waals surface area contributed by atoms with E-state index in [0.717, 1.165) is 22.4 Å². The van der Waals surface area contributed by atoms with Crippen molar-refractivity contribution >= 4 is 17.9 Å². The molecule has 2 aliphatic heterocycles. The molecule has 5 rings (SSSR count). The lowest BCUT2D eigenvalue weighted by atomic mass is 10.0. The van der Waals surface area contributed by atoms with E-state index >= 15 is 0 Å². The van der Waals surface area contributed by atoms with Crippen molar-refractivity contribution in [2.45, 2.75) is 44.9 Å². The molecular weight excluding hydrogens is 438 g/mol. The maximum atomic E-state index is 12.6. The van der Waals surface area contributed by atoms with Crippen molar-refractivity contribution < 1.29 is 19.1 Å². The van der Waals surface area contributed by atoms with E-state index in [9.17, 15) is 9.59 Å². The monoisotopic (exact) mass is 463 g/mol. The molecule has 1 unspecified atom stereocenters. The van der Waals surface area contributed by atoms with E-state index in [-0.39, 0.29) is 12.6 Å². The van der Waals surface area contributed by atoms with Crippen LogP contribution in [0, 0.1) is 0 Å². The standard InChI is InChI=1S/C23H25N7O4/c1-23(2,3)34-21(31)25-12-19-18-10-15-9-13(6-8-17(15)30(18)22(32)33-19)14-5-7-16(24-11-14)20-26-27-28-29(20)4/h5-9,11,18-19H,10,12H2,1-4H3,(H,25,31)/t18-,19?/m0/s1. The van der Waals surface area contributed by atoms with E-state index in [1.807, 2.05) is 24.3 Å². The van der Waals surface area contributed by atoms with Gasteiger partial charge in [-0.25, -0.2) is 14.3 Å². The molecule has 1 aromatic carbocycles. The highest BCUT2D eigenvalue weighted by Gasteiger charge is 2.47. The first-order valence-electron chi connectivity index (χ1n) is 11.0. The molecule has 2 aliphatic rings. The zero-order valence-electron chi connectivity index (χ0n) is 19.3. The van der Waals surface area contributed by atoms with Crippen molar-refractivity contribution in [3.63, 3.8) is 0 Å². The van der Waals surface area contributed by atoms with Gasteiger partial charge in [-0.15, -0.1) is 5.10 Å². The van der Waals surface area contributed by atoms with Crippen LogP contribution in [0.5, 0.6) is 0 Å². The molecule has 0 bridgehead atoms. The number of pyridine rings is 1. The topological polar surface area (TPSA) is 124 Å². The minimum Gasteiger partial charge on any atom is -0.444 e. The Balaban J connectivity index is 1.31. The number of aromatic nitrogens is 5. The van der Waals surface area contributed by atoms with Crippen LogP contribution >= 0.6 is 0 Å². The lowest BCUT2D eigenvalue weighted by Gasteiger charge is -2.21. The third kappa shape index (κ3) is 4.04. The number of hydrogen-bond acceptors (Lipinski definition) is 8. The van der Waals surface area contributed by atoms with Gasteiger partial charge in [0.25, 0.3) is 0 Å². The molecule has 2 aromatic heterocycles. The van der Waals surface area contributed by atoms with Crippen molar-refractivity contribution in [1.29, 1.82) is 0 Å². The first-order valence-corrected chi connectivity index (χ1v) is 11.0. The molecule has 1 saturated heterocycles. The number of ether oxygens (including phenoxy) is 2. The fourth-order valence-electron chi connectivity index (χ4n) is 4.27. The lowest BCUT2D eigenvalue weighted by molar-refractivity contribution is 0.0489. The number of tetrazole rings is 1. The predicted octanol–water partition coefficient (Wildman–Crippen LogP) is 2.71. The van der Waals surface area contributed by atoms with Crippen LogP contribution in [0.3, 0.4) is 0 Å². The Labute approximate surface area is 196 Å². The van der Waals surface area contributed by atoms with Gasteiger partial charge in [-0.2, -0.15) is 0 Å². The molecule has 0 spiro atoms. The van der Waals surface area contributed by atoms with Gasteiger partial charge in [0.15, 0.2) is 5.82 Å². The molecule has 11 nitrogen and oxygen atoms in total. The molecule has 1 fully saturated rings. The maximum Gasteiger partial charge on any atom is 0.415 e. The van der Waals surface area contributed by atoms with Crippen LogP contribution in [-0.2, 0) is 22.9 Å². The number of benzene rings is 1. The van der Waals surface area contributed by atoms with Crippen molar-refractivity contribution in [2.75, 3.05) is 11.4 Å². The largest absolute Gasteiger partial charge is 0.444 e. The molecule has 0 aliphatic carbocycles. The molecule has 0 radical (unpaired) electrons. The number of nitrogens with one attached hydrogen (secondary N) is 1. The number of cyclic esters (lactones) is 1. The number of fused-ring (bicyclic) bond motifs is 3. The highest BCUT2D eigenvalue weighted by molar-refractivity contribution is 5.94. The molecule has 4 heterocycles. The molecule has 2 amide bonds. The van der Waals surface area contributed by atoms with Gasteiger partial charge in [0.2, 0.25) is 0 Å². The van der Waals surface area contributed by atoms with Crippen LogP contribution in [0.2, 0.25) is 0 Å². The first-order chi connectivity index (χ1) is 16.2. The summed E-state index contributed by atoms with van der Waals surface area (Å²) in [7, 11) is 1.76. The fourth-order valence-corrected chi connectivity index (χ4v) is 4.27. The molecule has 176 valence electrons. The van der Waals surface area contributed by atoms with Crippen LogP contribution in [0.15, 0.2) is 36.5 Å². The third-order valence-electron chi connectivity index (χ3n) is 5.77. The van der Waals surface area contributed by atoms with E-state index in [1.54, 1.807) is 43.6 Å². The summed E-state index contributed by atoms with van der Waals surface area (Å²) in [5, 5.41) is 14.2. The van der Waals surface area contributed by atoms with Gasteiger partial charge in [0.1, 0.15) is 17.4 Å². The van der Waals surface area contributed by atoms with Gasteiger partial charge in [-0.3, -0.25) is 9.88 Å². The van der Waals surface area contributed by atoms with Crippen LogP contribution in [0.4, 0.5) is 15.3 Å².